The summed E-state index contributed by atoms with van der Waals surface area (Å²) in [5.41, 5.74) is -0.518. The van der Waals surface area contributed by atoms with Crippen LogP contribution in [0.15, 0.2) is 0 Å². The van der Waals surface area contributed by atoms with Crippen molar-refractivity contribution in [2.24, 2.45) is 11.8 Å². The second-order valence-electron chi connectivity index (χ2n) is 6.52. The van der Waals surface area contributed by atoms with Gasteiger partial charge in [-0.05, 0) is 58.9 Å². The van der Waals surface area contributed by atoms with E-state index in [4.69, 9.17) is 0 Å². The van der Waals surface area contributed by atoms with Gasteiger partial charge >= 0.3 is 0 Å². The fourth-order valence-corrected chi connectivity index (χ4v) is 2.95. The van der Waals surface area contributed by atoms with Gasteiger partial charge < -0.3 is 5.11 Å². The Balaban J connectivity index is 2.73. The Bertz CT molecular complexity index is 217. The van der Waals surface area contributed by atoms with Crippen LogP contribution in [-0.2, 0) is 0 Å². The maximum atomic E-state index is 10.1. The van der Waals surface area contributed by atoms with Gasteiger partial charge in [-0.2, -0.15) is 0 Å². The van der Waals surface area contributed by atoms with E-state index in [1.807, 2.05) is 13.8 Å². The summed E-state index contributed by atoms with van der Waals surface area (Å²) in [6.07, 6.45) is 2.27. The largest absolute Gasteiger partial charge is 0.390 e. The van der Waals surface area contributed by atoms with Crippen molar-refractivity contribution < 1.29 is 5.11 Å². The van der Waals surface area contributed by atoms with Crippen molar-refractivity contribution in [1.82, 2.24) is 4.90 Å². The van der Waals surface area contributed by atoms with Gasteiger partial charge in [-0.15, -0.1) is 0 Å². The average Bonchev–Trinajstić information content (AvgIpc) is 2.15. The molecule has 0 amide bonds. The van der Waals surface area contributed by atoms with Gasteiger partial charge in [0.15, 0.2) is 0 Å². The van der Waals surface area contributed by atoms with Crippen LogP contribution in [0, 0.1) is 11.8 Å². The Morgan fingerprint density at radius 3 is 2.12 bits per heavy atom. The predicted octanol–water partition coefficient (Wildman–Crippen LogP) is 2.90. The van der Waals surface area contributed by atoms with Crippen LogP contribution < -0.4 is 0 Å². The molecule has 1 aliphatic rings. The van der Waals surface area contributed by atoms with Crippen molar-refractivity contribution in [2.45, 2.75) is 72.1 Å². The van der Waals surface area contributed by atoms with E-state index in [9.17, 15) is 5.11 Å². The molecule has 2 nitrogen and oxygen atoms in total. The summed E-state index contributed by atoms with van der Waals surface area (Å²) in [4.78, 5) is 2.60. The standard InChI is InChI=1S/C14H29NO/c1-10(2)13-9-12(14(5,6)16)7-8-15(13)11(3)4/h10-13,16H,7-9H2,1-6H3. The van der Waals surface area contributed by atoms with Crippen LogP contribution in [0.2, 0.25) is 0 Å². The number of hydrogen-bond donors (Lipinski definition) is 1. The Kier molecular flexibility index (Phi) is 4.42. The Hall–Kier alpha value is -0.0800. The van der Waals surface area contributed by atoms with Gasteiger partial charge in [-0.1, -0.05) is 13.8 Å². The van der Waals surface area contributed by atoms with Crippen molar-refractivity contribution in [2.75, 3.05) is 6.54 Å². The van der Waals surface area contributed by atoms with Crippen LogP contribution in [-0.4, -0.2) is 34.2 Å². The first-order valence-corrected chi connectivity index (χ1v) is 6.71. The molecule has 16 heavy (non-hydrogen) atoms. The number of rotatable bonds is 3. The van der Waals surface area contributed by atoms with Gasteiger partial charge in [0.1, 0.15) is 0 Å². The Morgan fingerprint density at radius 1 is 1.19 bits per heavy atom. The third-order valence-electron chi connectivity index (χ3n) is 4.12. The molecule has 0 aromatic carbocycles. The third-order valence-corrected chi connectivity index (χ3v) is 4.12. The zero-order chi connectivity index (χ0) is 12.5. The predicted molar refractivity (Wildman–Crippen MR) is 69.5 cm³/mol. The molecule has 0 spiro atoms. The highest BCUT2D eigenvalue weighted by molar-refractivity contribution is 4.90. The minimum absolute atomic E-state index is 0.454. The molecular weight excluding hydrogens is 198 g/mol. The summed E-state index contributed by atoms with van der Waals surface area (Å²) in [5.74, 6) is 1.13. The van der Waals surface area contributed by atoms with Crippen LogP contribution in [0.1, 0.15) is 54.4 Å². The molecule has 0 aromatic rings. The molecule has 0 radical (unpaired) electrons. The fraction of sp³-hybridized carbons (Fsp3) is 1.00. The van der Waals surface area contributed by atoms with Gasteiger partial charge in [0, 0.05) is 12.1 Å². The smallest absolute Gasteiger partial charge is 0.0620 e. The highest BCUT2D eigenvalue weighted by atomic mass is 16.3. The Labute approximate surface area is 101 Å². The molecule has 0 bridgehead atoms. The zero-order valence-corrected chi connectivity index (χ0v) is 11.8. The van der Waals surface area contributed by atoms with Crippen molar-refractivity contribution in [3.8, 4) is 0 Å². The lowest BCUT2D eigenvalue weighted by molar-refractivity contribution is -0.0443. The molecular formula is C14H29NO. The van der Waals surface area contributed by atoms with E-state index < -0.39 is 5.60 Å². The lowest BCUT2D eigenvalue weighted by atomic mass is 9.77. The first kappa shape index (κ1) is 14.0. The molecule has 1 saturated heterocycles. The maximum Gasteiger partial charge on any atom is 0.0620 e. The van der Waals surface area contributed by atoms with Gasteiger partial charge in [-0.25, -0.2) is 0 Å². The van der Waals surface area contributed by atoms with E-state index >= 15 is 0 Å². The van der Waals surface area contributed by atoms with Crippen molar-refractivity contribution in [3.05, 3.63) is 0 Å². The van der Waals surface area contributed by atoms with E-state index in [0.717, 1.165) is 19.4 Å². The second kappa shape index (κ2) is 5.05. The minimum Gasteiger partial charge on any atom is -0.390 e. The number of likely N-dealkylation sites (tertiary alicyclic amines) is 1. The van der Waals surface area contributed by atoms with Gasteiger partial charge in [0.2, 0.25) is 0 Å². The van der Waals surface area contributed by atoms with Crippen LogP contribution in [0.5, 0.6) is 0 Å². The van der Waals surface area contributed by atoms with E-state index in [0.29, 0.717) is 23.9 Å². The van der Waals surface area contributed by atoms with Crippen LogP contribution in [0.4, 0.5) is 0 Å². The molecule has 2 atom stereocenters. The number of nitrogens with zero attached hydrogens (tertiary/aromatic N) is 1. The summed E-state index contributed by atoms with van der Waals surface area (Å²) in [6.45, 7) is 14.2. The van der Waals surface area contributed by atoms with Crippen molar-refractivity contribution >= 4 is 0 Å². The molecule has 0 aromatic heterocycles. The van der Waals surface area contributed by atoms with E-state index in [1.165, 1.54) is 0 Å². The van der Waals surface area contributed by atoms with Crippen molar-refractivity contribution in [3.63, 3.8) is 0 Å². The SMILES string of the molecule is CC(C)C1CC(C(C)(C)O)CCN1C(C)C. The molecule has 0 aliphatic carbocycles. The first-order valence-electron chi connectivity index (χ1n) is 6.71. The van der Waals surface area contributed by atoms with Crippen LogP contribution in [0.25, 0.3) is 0 Å². The summed E-state index contributed by atoms with van der Waals surface area (Å²) < 4.78 is 0. The van der Waals surface area contributed by atoms with E-state index in [2.05, 4.69) is 32.6 Å². The summed E-state index contributed by atoms with van der Waals surface area (Å²) >= 11 is 0. The topological polar surface area (TPSA) is 23.5 Å². The quantitative estimate of drug-likeness (QED) is 0.801. The summed E-state index contributed by atoms with van der Waals surface area (Å²) in [6, 6.07) is 1.25. The van der Waals surface area contributed by atoms with Crippen LogP contribution in [0.3, 0.4) is 0 Å². The van der Waals surface area contributed by atoms with Gasteiger partial charge in [0.05, 0.1) is 5.60 Å². The number of aliphatic hydroxyl groups is 1. The minimum atomic E-state index is -0.518. The lowest BCUT2D eigenvalue weighted by Gasteiger charge is -2.46. The fourth-order valence-electron chi connectivity index (χ4n) is 2.95. The number of hydrogen-bond acceptors (Lipinski definition) is 2. The highest BCUT2D eigenvalue weighted by Gasteiger charge is 2.37. The lowest BCUT2D eigenvalue weighted by Crippen LogP contribution is -2.52. The molecule has 1 N–H and O–H groups in total. The summed E-state index contributed by atoms with van der Waals surface area (Å²) in [5, 5.41) is 10.1. The second-order valence-corrected chi connectivity index (χ2v) is 6.52. The van der Waals surface area contributed by atoms with E-state index in [1.54, 1.807) is 0 Å². The molecule has 1 rings (SSSR count). The molecule has 96 valence electrons. The van der Waals surface area contributed by atoms with Crippen molar-refractivity contribution in [1.29, 1.82) is 0 Å². The molecule has 1 heterocycles. The molecule has 2 heteroatoms. The average molecular weight is 227 g/mol. The number of piperidine rings is 1. The third kappa shape index (κ3) is 3.21. The normalized spacial score (nSPS) is 29.1. The molecule has 2 unspecified atom stereocenters. The molecule has 1 aliphatic heterocycles. The summed E-state index contributed by atoms with van der Waals surface area (Å²) in [7, 11) is 0. The molecule has 0 saturated carbocycles. The first-order chi connectivity index (χ1) is 7.23. The van der Waals surface area contributed by atoms with Gasteiger partial charge in [-0.3, -0.25) is 4.90 Å². The van der Waals surface area contributed by atoms with Gasteiger partial charge in [0.25, 0.3) is 0 Å². The maximum absolute atomic E-state index is 10.1. The molecule has 1 fully saturated rings. The monoisotopic (exact) mass is 227 g/mol. The highest BCUT2D eigenvalue weighted by Crippen LogP contribution is 2.34. The zero-order valence-electron chi connectivity index (χ0n) is 11.8. The Morgan fingerprint density at radius 2 is 1.75 bits per heavy atom. The van der Waals surface area contributed by atoms with Crippen LogP contribution >= 0.6 is 0 Å². The van der Waals surface area contributed by atoms with E-state index in [-0.39, 0.29) is 0 Å².